The maximum absolute atomic E-state index is 10.6. The first-order valence-corrected chi connectivity index (χ1v) is 7.36. The summed E-state index contributed by atoms with van der Waals surface area (Å²) in [4.78, 5) is 10.6. The Balaban J connectivity index is 2.46. The van der Waals surface area contributed by atoms with Gasteiger partial charge in [0.1, 0.15) is 5.82 Å². The molecule has 2 rings (SSSR count). The Kier molecular flexibility index (Phi) is 4.49. The molecule has 1 aromatic carbocycles. The molecule has 0 atom stereocenters. The summed E-state index contributed by atoms with van der Waals surface area (Å²) in [7, 11) is 0. The second-order valence-electron chi connectivity index (χ2n) is 3.64. The molecule has 0 saturated heterocycles. The van der Waals surface area contributed by atoms with Gasteiger partial charge in [0, 0.05) is 9.50 Å². The summed E-state index contributed by atoms with van der Waals surface area (Å²) in [6.07, 6.45) is 0. The highest BCUT2D eigenvalue weighted by Crippen LogP contribution is 2.29. The molecule has 1 aromatic heterocycles. The van der Waals surface area contributed by atoms with E-state index in [0.29, 0.717) is 16.0 Å². The maximum atomic E-state index is 10.6. The lowest BCUT2D eigenvalue weighted by Gasteiger charge is -2.10. The van der Waals surface area contributed by atoms with E-state index in [-0.39, 0.29) is 5.75 Å². The van der Waals surface area contributed by atoms with Crippen molar-refractivity contribution < 1.29 is 9.90 Å². The molecule has 0 fully saturated rings. The van der Waals surface area contributed by atoms with Gasteiger partial charge in [-0.25, -0.2) is 0 Å². The highest BCUT2D eigenvalue weighted by Gasteiger charge is 2.15. The molecule has 100 valence electrons. The van der Waals surface area contributed by atoms with E-state index in [4.69, 9.17) is 16.7 Å². The summed E-state index contributed by atoms with van der Waals surface area (Å²) >= 11 is 10.5. The van der Waals surface area contributed by atoms with Crippen molar-refractivity contribution >= 4 is 45.3 Å². The van der Waals surface area contributed by atoms with Gasteiger partial charge in [-0.1, -0.05) is 23.4 Å². The molecule has 8 heteroatoms. The van der Waals surface area contributed by atoms with Crippen molar-refractivity contribution in [1.29, 1.82) is 0 Å². The van der Waals surface area contributed by atoms with Crippen LogP contribution < -0.4 is 0 Å². The van der Waals surface area contributed by atoms with Crippen molar-refractivity contribution in [3.05, 3.63) is 33.5 Å². The van der Waals surface area contributed by atoms with E-state index in [1.54, 1.807) is 23.6 Å². The van der Waals surface area contributed by atoms with Crippen LogP contribution in [0, 0.1) is 6.92 Å². The van der Waals surface area contributed by atoms with E-state index in [1.807, 2.05) is 6.07 Å². The number of aromatic nitrogens is 3. The van der Waals surface area contributed by atoms with Gasteiger partial charge in [0.05, 0.1) is 11.4 Å². The van der Waals surface area contributed by atoms with Crippen LogP contribution in [0.2, 0.25) is 5.02 Å². The highest BCUT2D eigenvalue weighted by atomic mass is 79.9. The van der Waals surface area contributed by atoms with Crippen LogP contribution in [-0.4, -0.2) is 31.6 Å². The number of carboxylic acid groups (broad SMARTS) is 1. The number of hydrogen-bond acceptors (Lipinski definition) is 4. The SMILES string of the molecule is Cc1nnc(SCC(=O)O)n1-c1cc(Cl)ccc1Br. The third-order valence-electron chi connectivity index (χ3n) is 2.27. The Morgan fingerprint density at radius 3 is 2.95 bits per heavy atom. The van der Waals surface area contributed by atoms with Crippen LogP contribution >= 0.6 is 39.3 Å². The average molecular weight is 363 g/mol. The first-order chi connectivity index (χ1) is 8.99. The van der Waals surface area contributed by atoms with E-state index >= 15 is 0 Å². The third-order valence-corrected chi connectivity index (χ3v) is 4.09. The first-order valence-electron chi connectivity index (χ1n) is 5.21. The van der Waals surface area contributed by atoms with Crippen LogP contribution in [0.3, 0.4) is 0 Å². The van der Waals surface area contributed by atoms with Crippen molar-refractivity contribution in [1.82, 2.24) is 14.8 Å². The summed E-state index contributed by atoms with van der Waals surface area (Å²) in [5.74, 6) is -0.311. The maximum Gasteiger partial charge on any atom is 0.313 e. The average Bonchev–Trinajstić information content (AvgIpc) is 2.71. The molecule has 0 bridgehead atoms. The normalized spacial score (nSPS) is 10.7. The second kappa shape index (κ2) is 5.94. The minimum atomic E-state index is -0.901. The Morgan fingerprint density at radius 1 is 1.53 bits per heavy atom. The number of halogens is 2. The molecule has 0 aliphatic rings. The van der Waals surface area contributed by atoms with Crippen LogP contribution in [0.25, 0.3) is 5.69 Å². The van der Waals surface area contributed by atoms with Crippen LogP contribution in [-0.2, 0) is 4.79 Å². The number of carboxylic acids is 1. The standard InChI is InChI=1S/C11H9BrClN3O2S/c1-6-14-15-11(19-5-10(17)18)16(6)9-4-7(13)2-3-8(9)12/h2-4H,5H2,1H3,(H,17,18). The van der Waals surface area contributed by atoms with Crippen molar-refractivity contribution in [3.8, 4) is 5.69 Å². The number of hydrogen-bond donors (Lipinski definition) is 1. The van der Waals surface area contributed by atoms with Crippen LogP contribution in [0.15, 0.2) is 27.8 Å². The zero-order chi connectivity index (χ0) is 14.0. The Labute approximate surface area is 127 Å². The molecule has 0 amide bonds. The van der Waals surface area contributed by atoms with E-state index in [2.05, 4.69) is 26.1 Å². The van der Waals surface area contributed by atoms with Crippen LogP contribution in [0.1, 0.15) is 5.82 Å². The molecule has 0 aliphatic heterocycles. The van der Waals surface area contributed by atoms with Crippen molar-refractivity contribution in [3.63, 3.8) is 0 Å². The Morgan fingerprint density at radius 2 is 2.26 bits per heavy atom. The zero-order valence-electron chi connectivity index (χ0n) is 9.80. The molecule has 1 heterocycles. The molecule has 1 N–H and O–H groups in total. The number of benzene rings is 1. The predicted octanol–water partition coefficient (Wildman–Crippen LogP) is 3.17. The van der Waals surface area contributed by atoms with Crippen molar-refractivity contribution in [2.24, 2.45) is 0 Å². The molecular formula is C11H9BrClN3O2S. The lowest BCUT2D eigenvalue weighted by molar-refractivity contribution is -0.133. The fourth-order valence-electron chi connectivity index (χ4n) is 1.50. The summed E-state index contributed by atoms with van der Waals surface area (Å²) < 4.78 is 2.60. The number of aryl methyl sites for hydroxylation is 1. The Hall–Kier alpha value is -1.05. The number of thioether (sulfide) groups is 1. The van der Waals surface area contributed by atoms with E-state index in [9.17, 15) is 4.79 Å². The minimum absolute atomic E-state index is 0.0731. The summed E-state index contributed by atoms with van der Waals surface area (Å²) in [6, 6.07) is 5.36. The largest absolute Gasteiger partial charge is 0.481 e. The van der Waals surface area contributed by atoms with Gasteiger partial charge < -0.3 is 5.11 Å². The number of carbonyl (C=O) groups is 1. The lowest BCUT2D eigenvalue weighted by atomic mass is 10.3. The predicted molar refractivity (Wildman–Crippen MR) is 77.2 cm³/mol. The molecule has 0 saturated carbocycles. The molecule has 0 spiro atoms. The fraction of sp³-hybridized carbons (Fsp3) is 0.182. The first kappa shape index (κ1) is 14.4. The Bertz CT molecular complexity index is 632. The smallest absolute Gasteiger partial charge is 0.313 e. The second-order valence-corrected chi connectivity index (χ2v) is 5.88. The van der Waals surface area contributed by atoms with E-state index in [0.717, 1.165) is 21.9 Å². The number of rotatable bonds is 4. The monoisotopic (exact) mass is 361 g/mol. The van der Waals surface area contributed by atoms with Crippen LogP contribution in [0.5, 0.6) is 0 Å². The van der Waals surface area contributed by atoms with Crippen molar-refractivity contribution in [2.45, 2.75) is 12.1 Å². The van der Waals surface area contributed by atoms with Crippen LogP contribution in [0.4, 0.5) is 0 Å². The van der Waals surface area contributed by atoms with Gasteiger partial charge in [-0.05, 0) is 41.1 Å². The van der Waals surface area contributed by atoms with Gasteiger partial charge in [0.25, 0.3) is 0 Å². The number of nitrogens with zero attached hydrogens (tertiary/aromatic N) is 3. The van der Waals surface area contributed by atoms with Crippen molar-refractivity contribution in [2.75, 3.05) is 5.75 Å². The van der Waals surface area contributed by atoms with Gasteiger partial charge in [-0.2, -0.15) is 0 Å². The molecule has 2 aromatic rings. The quantitative estimate of drug-likeness (QED) is 0.846. The zero-order valence-corrected chi connectivity index (χ0v) is 13.0. The summed E-state index contributed by atoms with van der Waals surface area (Å²) in [6.45, 7) is 1.80. The molecule has 19 heavy (non-hydrogen) atoms. The topological polar surface area (TPSA) is 68.0 Å². The lowest BCUT2D eigenvalue weighted by Crippen LogP contribution is -2.03. The highest BCUT2D eigenvalue weighted by molar-refractivity contribution is 9.10. The molecule has 0 aliphatic carbocycles. The molecule has 0 unspecified atom stereocenters. The van der Waals surface area contributed by atoms with E-state index in [1.165, 1.54) is 0 Å². The van der Waals surface area contributed by atoms with Gasteiger partial charge in [-0.15, -0.1) is 10.2 Å². The summed E-state index contributed by atoms with van der Waals surface area (Å²) in [5.41, 5.74) is 0.780. The third kappa shape index (κ3) is 3.29. The minimum Gasteiger partial charge on any atom is -0.481 e. The van der Waals surface area contributed by atoms with Gasteiger partial charge >= 0.3 is 5.97 Å². The molecule has 0 radical (unpaired) electrons. The van der Waals surface area contributed by atoms with E-state index < -0.39 is 5.97 Å². The van der Waals surface area contributed by atoms with Gasteiger partial charge in [0.15, 0.2) is 5.16 Å². The molecular weight excluding hydrogens is 354 g/mol. The summed E-state index contributed by atoms with van der Waals surface area (Å²) in [5, 5.41) is 17.8. The number of aliphatic carboxylic acids is 1. The molecule has 5 nitrogen and oxygen atoms in total. The van der Waals surface area contributed by atoms with Gasteiger partial charge in [0.2, 0.25) is 0 Å². The fourth-order valence-corrected chi connectivity index (χ4v) is 2.80. The van der Waals surface area contributed by atoms with Gasteiger partial charge in [-0.3, -0.25) is 9.36 Å².